The Morgan fingerprint density at radius 3 is 2.65 bits per heavy atom. The molecule has 1 amide bonds. The van der Waals surface area contributed by atoms with E-state index in [4.69, 9.17) is 4.74 Å². The predicted octanol–water partition coefficient (Wildman–Crippen LogP) is 3.42. The number of nitrogens with one attached hydrogen (secondary N) is 1. The Bertz CT molecular complexity index is 467. The third kappa shape index (κ3) is 3.99. The maximum atomic E-state index is 13.6. The van der Waals surface area contributed by atoms with Crippen LogP contribution in [0.2, 0.25) is 0 Å². The van der Waals surface area contributed by atoms with Crippen LogP contribution in [-0.2, 0) is 4.74 Å². The third-order valence-corrected chi connectivity index (χ3v) is 3.72. The van der Waals surface area contributed by atoms with E-state index in [0.29, 0.717) is 13.0 Å². The number of ether oxygens (including phenoxy) is 1. The van der Waals surface area contributed by atoms with Crippen LogP contribution in [0.25, 0.3) is 0 Å². The minimum Gasteiger partial charge on any atom is -0.378 e. The van der Waals surface area contributed by atoms with Crippen LogP contribution in [0.3, 0.4) is 0 Å². The fourth-order valence-corrected chi connectivity index (χ4v) is 2.63. The van der Waals surface area contributed by atoms with Crippen molar-refractivity contribution in [3.63, 3.8) is 0 Å². The molecule has 6 heteroatoms. The van der Waals surface area contributed by atoms with E-state index < -0.39 is 23.1 Å². The van der Waals surface area contributed by atoms with Crippen molar-refractivity contribution in [2.45, 2.75) is 31.8 Å². The standard InChI is InChI=1S/C14H16BrF2NO2/c15-9-7-11(16)13(12(17)8-9)14(19)18-5-4-10-3-1-2-6-20-10/h7-8,10H,1-6H2,(H,18,19). The first-order valence-corrected chi connectivity index (χ1v) is 7.41. The molecule has 0 bridgehead atoms. The zero-order valence-corrected chi connectivity index (χ0v) is 12.5. The highest BCUT2D eigenvalue weighted by molar-refractivity contribution is 9.10. The van der Waals surface area contributed by atoms with Gasteiger partial charge in [-0.25, -0.2) is 8.78 Å². The Morgan fingerprint density at radius 1 is 1.35 bits per heavy atom. The molecule has 20 heavy (non-hydrogen) atoms. The highest BCUT2D eigenvalue weighted by Crippen LogP contribution is 2.19. The van der Waals surface area contributed by atoms with Crippen molar-refractivity contribution in [3.05, 3.63) is 33.8 Å². The number of hydrogen-bond donors (Lipinski definition) is 1. The van der Waals surface area contributed by atoms with Crippen molar-refractivity contribution in [1.82, 2.24) is 5.32 Å². The van der Waals surface area contributed by atoms with Gasteiger partial charge in [0, 0.05) is 17.6 Å². The molecular weight excluding hydrogens is 332 g/mol. The molecule has 1 atom stereocenters. The van der Waals surface area contributed by atoms with Gasteiger partial charge in [0.15, 0.2) is 0 Å². The summed E-state index contributed by atoms with van der Waals surface area (Å²) in [5.41, 5.74) is -0.544. The molecule has 0 radical (unpaired) electrons. The first kappa shape index (κ1) is 15.4. The van der Waals surface area contributed by atoms with Gasteiger partial charge in [-0.1, -0.05) is 15.9 Å². The number of carbonyl (C=O) groups is 1. The van der Waals surface area contributed by atoms with Crippen molar-refractivity contribution in [3.8, 4) is 0 Å². The van der Waals surface area contributed by atoms with Crippen molar-refractivity contribution in [2.24, 2.45) is 0 Å². The van der Waals surface area contributed by atoms with E-state index in [2.05, 4.69) is 21.2 Å². The van der Waals surface area contributed by atoms with Crippen LogP contribution in [0.5, 0.6) is 0 Å². The molecule has 1 aliphatic rings. The van der Waals surface area contributed by atoms with Crippen LogP contribution in [0.1, 0.15) is 36.0 Å². The summed E-state index contributed by atoms with van der Waals surface area (Å²) in [5.74, 6) is -2.48. The second-order valence-electron chi connectivity index (χ2n) is 4.78. The SMILES string of the molecule is O=C(NCCC1CCCCO1)c1c(F)cc(Br)cc1F. The van der Waals surface area contributed by atoms with Crippen LogP contribution in [0, 0.1) is 11.6 Å². The first-order valence-electron chi connectivity index (χ1n) is 6.62. The van der Waals surface area contributed by atoms with Crippen molar-refractivity contribution >= 4 is 21.8 Å². The Balaban J connectivity index is 1.88. The summed E-state index contributed by atoms with van der Waals surface area (Å²) in [7, 11) is 0. The van der Waals surface area contributed by atoms with E-state index in [0.717, 1.165) is 38.0 Å². The Kier molecular flexibility index (Phi) is 5.48. The topological polar surface area (TPSA) is 38.3 Å². The normalized spacial score (nSPS) is 18.9. The molecule has 1 fully saturated rings. The quantitative estimate of drug-likeness (QED) is 0.906. The van der Waals surface area contributed by atoms with Crippen LogP contribution >= 0.6 is 15.9 Å². The summed E-state index contributed by atoms with van der Waals surface area (Å²) in [6.45, 7) is 1.09. The molecule has 2 rings (SSSR count). The van der Waals surface area contributed by atoms with E-state index in [1.54, 1.807) is 0 Å². The van der Waals surface area contributed by atoms with Crippen LogP contribution in [0.15, 0.2) is 16.6 Å². The second-order valence-corrected chi connectivity index (χ2v) is 5.69. The van der Waals surface area contributed by atoms with E-state index in [1.165, 1.54) is 0 Å². The second kappa shape index (κ2) is 7.13. The fourth-order valence-electron chi connectivity index (χ4n) is 2.23. The van der Waals surface area contributed by atoms with Gasteiger partial charge in [-0.2, -0.15) is 0 Å². The number of rotatable bonds is 4. The van der Waals surface area contributed by atoms with Gasteiger partial charge in [-0.15, -0.1) is 0 Å². The van der Waals surface area contributed by atoms with Gasteiger partial charge in [-0.3, -0.25) is 4.79 Å². The Labute approximate surface area is 124 Å². The summed E-state index contributed by atoms with van der Waals surface area (Å²) < 4.78 is 33.0. The third-order valence-electron chi connectivity index (χ3n) is 3.26. The molecule has 0 aromatic heterocycles. The van der Waals surface area contributed by atoms with Crippen molar-refractivity contribution in [2.75, 3.05) is 13.2 Å². The molecule has 0 spiro atoms. The summed E-state index contributed by atoms with van der Waals surface area (Å²) in [6.07, 6.45) is 3.94. The fraction of sp³-hybridized carbons (Fsp3) is 0.500. The number of halogens is 3. The lowest BCUT2D eigenvalue weighted by Crippen LogP contribution is -2.30. The molecule has 0 saturated carbocycles. The lowest BCUT2D eigenvalue weighted by atomic mass is 10.1. The summed E-state index contributed by atoms with van der Waals surface area (Å²) >= 11 is 2.97. The zero-order chi connectivity index (χ0) is 14.5. The highest BCUT2D eigenvalue weighted by Gasteiger charge is 2.19. The minimum absolute atomic E-state index is 0.128. The lowest BCUT2D eigenvalue weighted by molar-refractivity contribution is 0.0117. The minimum atomic E-state index is -0.872. The van der Waals surface area contributed by atoms with E-state index >= 15 is 0 Å². The molecule has 0 aliphatic carbocycles. The van der Waals surface area contributed by atoms with E-state index in [-0.39, 0.29) is 10.6 Å². The van der Waals surface area contributed by atoms with Gasteiger partial charge < -0.3 is 10.1 Å². The maximum absolute atomic E-state index is 13.6. The predicted molar refractivity (Wildman–Crippen MR) is 74.6 cm³/mol. The maximum Gasteiger partial charge on any atom is 0.257 e. The number of amides is 1. The molecule has 3 nitrogen and oxygen atoms in total. The van der Waals surface area contributed by atoms with E-state index in [9.17, 15) is 13.6 Å². The average Bonchev–Trinajstić information content (AvgIpc) is 2.38. The van der Waals surface area contributed by atoms with Gasteiger partial charge in [0.2, 0.25) is 0 Å². The zero-order valence-electron chi connectivity index (χ0n) is 10.9. The van der Waals surface area contributed by atoms with E-state index in [1.807, 2.05) is 0 Å². The van der Waals surface area contributed by atoms with Gasteiger partial charge in [0.05, 0.1) is 6.10 Å². The average molecular weight is 348 g/mol. The number of carbonyl (C=O) groups excluding carboxylic acids is 1. The summed E-state index contributed by atoms with van der Waals surface area (Å²) in [4.78, 5) is 11.8. The monoisotopic (exact) mass is 347 g/mol. The summed E-state index contributed by atoms with van der Waals surface area (Å²) in [5, 5.41) is 2.53. The van der Waals surface area contributed by atoms with Gasteiger partial charge in [0.1, 0.15) is 17.2 Å². The number of hydrogen-bond acceptors (Lipinski definition) is 2. The van der Waals surface area contributed by atoms with Crippen LogP contribution in [-0.4, -0.2) is 25.2 Å². The molecule has 1 aromatic carbocycles. The van der Waals surface area contributed by atoms with Crippen molar-refractivity contribution < 1.29 is 18.3 Å². The van der Waals surface area contributed by atoms with Crippen LogP contribution < -0.4 is 5.32 Å². The molecule has 1 unspecified atom stereocenters. The molecule has 1 aliphatic heterocycles. The summed E-state index contributed by atoms with van der Waals surface area (Å²) in [6, 6.07) is 2.14. The lowest BCUT2D eigenvalue weighted by Gasteiger charge is -2.22. The molecule has 1 heterocycles. The van der Waals surface area contributed by atoms with Gasteiger partial charge >= 0.3 is 0 Å². The highest BCUT2D eigenvalue weighted by atomic mass is 79.9. The first-order chi connectivity index (χ1) is 9.58. The Hall–Kier alpha value is -1.01. The molecule has 110 valence electrons. The Morgan fingerprint density at radius 2 is 2.05 bits per heavy atom. The molecule has 1 aromatic rings. The van der Waals surface area contributed by atoms with Gasteiger partial charge in [-0.05, 0) is 37.8 Å². The molecular formula is C14H16BrF2NO2. The largest absolute Gasteiger partial charge is 0.378 e. The molecule has 1 saturated heterocycles. The van der Waals surface area contributed by atoms with Crippen LogP contribution in [0.4, 0.5) is 8.78 Å². The smallest absolute Gasteiger partial charge is 0.257 e. The number of benzene rings is 1. The van der Waals surface area contributed by atoms with Crippen molar-refractivity contribution in [1.29, 1.82) is 0 Å². The van der Waals surface area contributed by atoms with Gasteiger partial charge in [0.25, 0.3) is 5.91 Å². The molecule has 1 N–H and O–H groups in total.